The molecular weight excluding hydrogens is 308 g/mol. The Morgan fingerprint density at radius 1 is 1.42 bits per heavy atom. The van der Waals surface area contributed by atoms with Crippen molar-refractivity contribution in [3.63, 3.8) is 0 Å². The van der Waals surface area contributed by atoms with Gasteiger partial charge in [-0.25, -0.2) is 4.68 Å². The van der Waals surface area contributed by atoms with E-state index in [1.165, 1.54) is 0 Å². The lowest BCUT2D eigenvalue weighted by Gasteiger charge is -2.43. The number of carbonyl (C=O) groups excluding carboxylic acids is 1. The Balaban J connectivity index is 2.38. The molecule has 0 radical (unpaired) electrons. The SMILES string of the molecule is CC1CCC(C(=O)c2c(Br)nnn2C)(N(C)C)CC1. The highest BCUT2D eigenvalue weighted by Crippen LogP contribution is 2.38. The summed E-state index contributed by atoms with van der Waals surface area (Å²) in [6.07, 6.45) is 3.98. The average molecular weight is 329 g/mol. The molecule has 0 bridgehead atoms. The number of halogens is 1. The molecule has 1 aliphatic carbocycles. The predicted octanol–water partition coefficient (Wildman–Crippen LogP) is 2.27. The van der Waals surface area contributed by atoms with Gasteiger partial charge in [0.15, 0.2) is 4.60 Å². The van der Waals surface area contributed by atoms with Crippen molar-refractivity contribution in [2.45, 2.75) is 38.1 Å². The van der Waals surface area contributed by atoms with Gasteiger partial charge in [-0.05, 0) is 61.6 Å². The molecule has 6 heteroatoms. The van der Waals surface area contributed by atoms with E-state index in [4.69, 9.17) is 0 Å². The van der Waals surface area contributed by atoms with Crippen LogP contribution in [0.15, 0.2) is 4.60 Å². The van der Waals surface area contributed by atoms with Gasteiger partial charge in [0, 0.05) is 7.05 Å². The Bertz CT molecular complexity index is 455. The number of aromatic nitrogens is 3. The van der Waals surface area contributed by atoms with Gasteiger partial charge < -0.3 is 0 Å². The summed E-state index contributed by atoms with van der Waals surface area (Å²) in [4.78, 5) is 15.1. The van der Waals surface area contributed by atoms with Gasteiger partial charge in [0.25, 0.3) is 0 Å². The normalized spacial score (nSPS) is 27.8. The van der Waals surface area contributed by atoms with Crippen LogP contribution in [0.3, 0.4) is 0 Å². The highest BCUT2D eigenvalue weighted by atomic mass is 79.9. The molecule has 0 aliphatic heterocycles. The van der Waals surface area contributed by atoms with E-state index >= 15 is 0 Å². The van der Waals surface area contributed by atoms with Crippen molar-refractivity contribution < 1.29 is 4.79 Å². The van der Waals surface area contributed by atoms with Crippen molar-refractivity contribution in [1.82, 2.24) is 19.9 Å². The summed E-state index contributed by atoms with van der Waals surface area (Å²) in [6.45, 7) is 2.26. The zero-order chi connectivity index (χ0) is 14.2. The van der Waals surface area contributed by atoms with Crippen LogP contribution in [0.4, 0.5) is 0 Å². The smallest absolute Gasteiger partial charge is 0.203 e. The second-order valence-corrected chi connectivity index (χ2v) is 6.54. The number of aryl methyl sites for hydroxylation is 1. The quantitative estimate of drug-likeness (QED) is 0.799. The second kappa shape index (κ2) is 5.32. The van der Waals surface area contributed by atoms with Crippen LogP contribution in [-0.4, -0.2) is 45.3 Å². The molecule has 19 heavy (non-hydrogen) atoms. The number of rotatable bonds is 3. The standard InChI is InChI=1S/C13H21BrN4O/c1-9-5-7-13(8-6-9,17(2)3)11(19)10-12(14)15-16-18(10)4/h9H,5-8H2,1-4H3. The molecule has 0 unspecified atom stereocenters. The minimum atomic E-state index is -0.412. The first kappa shape index (κ1) is 14.7. The summed E-state index contributed by atoms with van der Waals surface area (Å²) in [7, 11) is 5.75. The zero-order valence-electron chi connectivity index (χ0n) is 12.0. The molecule has 1 saturated carbocycles. The van der Waals surface area contributed by atoms with Crippen LogP contribution in [0.25, 0.3) is 0 Å². The summed E-state index contributed by atoms with van der Waals surface area (Å²) in [6, 6.07) is 0. The summed E-state index contributed by atoms with van der Waals surface area (Å²) < 4.78 is 2.11. The molecule has 0 aromatic carbocycles. The first-order valence-corrected chi connectivity index (χ1v) is 7.45. The fourth-order valence-electron chi connectivity index (χ4n) is 2.91. The highest BCUT2D eigenvalue weighted by molar-refractivity contribution is 9.10. The molecule has 1 aliphatic rings. The molecule has 0 spiro atoms. The summed E-state index contributed by atoms with van der Waals surface area (Å²) in [5.74, 6) is 0.831. The molecule has 5 nitrogen and oxygen atoms in total. The van der Waals surface area contributed by atoms with Crippen molar-refractivity contribution in [2.24, 2.45) is 13.0 Å². The third-order valence-electron chi connectivity index (χ3n) is 4.38. The number of Topliss-reactive ketones (excluding diaryl/α,β-unsaturated/α-hetero) is 1. The molecule has 0 saturated heterocycles. The molecular formula is C13H21BrN4O. The van der Waals surface area contributed by atoms with Gasteiger partial charge >= 0.3 is 0 Å². The van der Waals surface area contributed by atoms with E-state index in [9.17, 15) is 4.79 Å². The second-order valence-electron chi connectivity index (χ2n) is 5.79. The Morgan fingerprint density at radius 2 is 2.00 bits per heavy atom. The van der Waals surface area contributed by atoms with Gasteiger partial charge in [-0.1, -0.05) is 12.1 Å². The van der Waals surface area contributed by atoms with Crippen molar-refractivity contribution in [2.75, 3.05) is 14.1 Å². The van der Waals surface area contributed by atoms with Crippen LogP contribution in [-0.2, 0) is 7.05 Å². The molecule has 1 aromatic rings. The maximum atomic E-state index is 13.0. The van der Waals surface area contributed by atoms with E-state index in [1.54, 1.807) is 11.7 Å². The number of nitrogens with zero attached hydrogens (tertiary/aromatic N) is 4. The lowest BCUT2D eigenvalue weighted by Crippen LogP contribution is -2.53. The maximum absolute atomic E-state index is 13.0. The molecule has 1 heterocycles. The lowest BCUT2D eigenvalue weighted by molar-refractivity contribution is 0.0502. The van der Waals surface area contributed by atoms with Crippen LogP contribution >= 0.6 is 15.9 Å². The van der Waals surface area contributed by atoms with E-state index in [0.717, 1.165) is 25.7 Å². The molecule has 2 rings (SSSR count). The molecule has 1 fully saturated rings. The third kappa shape index (κ3) is 2.48. The zero-order valence-corrected chi connectivity index (χ0v) is 13.6. The highest BCUT2D eigenvalue weighted by Gasteiger charge is 2.45. The molecule has 0 N–H and O–H groups in total. The van der Waals surface area contributed by atoms with Gasteiger partial charge in [-0.3, -0.25) is 9.69 Å². The fourth-order valence-corrected chi connectivity index (χ4v) is 3.42. The van der Waals surface area contributed by atoms with Crippen LogP contribution in [0.1, 0.15) is 43.1 Å². The Morgan fingerprint density at radius 3 is 2.42 bits per heavy atom. The largest absolute Gasteiger partial charge is 0.297 e. The van der Waals surface area contributed by atoms with Crippen molar-refractivity contribution in [3.05, 3.63) is 10.3 Å². The van der Waals surface area contributed by atoms with Crippen molar-refractivity contribution in [1.29, 1.82) is 0 Å². The Hall–Kier alpha value is -0.750. The van der Waals surface area contributed by atoms with Gasteiger partial charge in [0.1, 0.15) is 5.69 Å². The molecule has 0 atom stereocenters. The van der Waals surface area contributed by atoms with Crippen LogP contribution in [0.2, 0.25) is 0 Å². The van der Waals surface area contributed by atoms with E-state index in [2.05, 4.69) is 38.1 Å². The maximum Gasteiger partial charge on any atom is 0.203 e. The van der Waals surface area contributed by atoms with Crippen molar-refractivity contribution in [3.8, 4) is 0 Å². The van der Waals surface area contributed by atoms with Crippen LogP contribution in [0, 0.1) is 5.92 Å². The predicted molar refractivity (Wildman–Crippen MR) is 77.1 cm³/mol. The lowest BCUT2D eigenvalue weighted by atomic mass is 9.73. The number of hydrogen-bond acceptors (Lipinski definition) is 4. The minimum Gasteiger partial charge on any atom is -0.297 e. The van der Waals surface area contributed by atoms with Gasteiger partial charge in [-0.15, -0.1) is 5.10 Å². The number of likely N-dealkylation sites (N-methyl/N-ethyl adjacent to an activating group) is 1. The summed E-state index contributed by atoms with van der Waals surface area (Å²) in [5.41, 5.74) is 0.160. The van der Waals surface area contributed by atoms with Crippen LogP contribution < -0.4 is 0 Å². The summed E-state index contributed by atoms with van der Waals surface area (Å²) >= 11 is 3.34. The topological polar surface area (TPSA) is 51.0 Å². The molecule has 1 aromatic heterocycles. The molecule has 106 valence electrons. The van der Waals surface area contributed by atoms with E-state index in [0.29, 0.717) is 16.2 Å². The van der Waals surface area contributed by atoms with Gasteiger partial charge in [-0.2, -0.15) is 0 Å². The fraction of sp³-hybridized carbons (Fsp3) is 0.769. The third-order valence-corrected chi connectivity index (χ3v) is 4.92. The Kier molecular flexibility index (Phi) is 4.11. The van der Waals surface area contributed by atoms with E-state index in [1.807, 2.05) is 14.1 Å². The first-order valence-electron chi connectivity index (χ1n) is 6.66. The monoisotopic (exact) mass is 328 g/mol. The van der Waals surface area contributed by atoms with E-state index in [-0.39, 0.29) is 5.78 Å². The first-order chi connectivity index (χ1) is 8.88. The van der Waals surface area contributed by atoms with Crippen molar-refractivity contribution >= 4 is 21.7 Å². The van der Waals surface area contributed by atoms with Crippen LogP contribution in [0.5, 0.6) is 0 Å². The number of hydrogen-bond donors (Lipinski definition) is 0. The number of ketones is 1. The minimum absolute atomic E-state index is 0.128. The summed E-state index contributed by atoms with van der Waals surface area (Å²) in [5, 5.41) is 7.85. The van der Waals surface area contributed by atoms with Gasteiger partial charge in [0.2, 0.25) is 5.78 Å². The average Bonchev–Trinajstić information content (AvgIpc) is 2.69. The Labute approximate surface area is 122 Å². The molecule has 0 amide bonds. The van der Waals surface area contributed by atoms with E-state index < -0.39 is 5.54 Å². The van der Waals surface area contributed by atoms with Gasteiger partial charge in [0.05, 0.1) is 5.54 Å². The number of carbonyl (C=O) groups is 1.